The highest BCUT2D eigenvalue weighted by Crippen LogP contribution is 2.34. The quantitative estimate of drug-likeness (QED) is 0.182. The van der Waals surface area contributed by atoms with Crippen molar-refractivity contribution >= 4 is 41.6 Å². The molecule has 15 nitrogen and oxygen atoms in total. The molecule has 5 amide bonds. The number of carbonyl (C=O) groups is 6. The number of esters is 1. The van der Waals surface area contributed by atoms with Gasteiger partial charge in [-0.15, -0.1) is 0 Å². The van der Waals surface area contributed by atoms with E-state index in [0.717, 1.165) is 28.7 Å². The van der Waals surface area contributed by atoms with Gasteiger partial charge in [-0.3, -0.25) is 24.1 Å². The molecule has 3 aliphatic heterocycles. The van der Waals surface area contributed by atoms with E-state index in [1.54, 1.807) is 38.9 Å². The van der Waals surface area contributed by atoms with Gasteiger partial charge in [0.25, 0.3) is 17.7 Å². The molecule has 0 aromatic heterocycles. The zero-order valence-electron chi connectivity index (χ0n) is 34.8. The molecular weight excluding hydrogens is 770 g/mol. The van der Waals surface area contributed by atoms with E-state index in [9.17, 15) is 37.5 Å². The fraction of sp³-hybridized carbons (Fsp3) is 0.476. The summed E-state index contributed by atoms with van der Waals surface area (Å²) in [6.07, 6.45) is 2.71. The molecule has 0 bridgehead atoms. The normalized spacial score (nSPS) is 18.1. The zero-order valence-corrected chi connectivity index (χ0v) is 34.8. The molecule has 2 aromatic rings. The third-order valence-corrected chi connectivity index (χ3v) is 9.35. The molecule has 320 valence electrons. The summed E-state index contributed by atoms with van der Waals surface area (Å²) in [6, 6.07) is 12.7. The van der Waals surface area contributed by atoms with Crippen LogP contribution < -0.4 is 10.6 Å². The molecule has 2 aromatic carbocycles. The third kappa shape index (κ3) is 13.3. The van der Waals surface area contributed by atoms with E-state index >= 15 is 0 Å². The summed E-state index contributed by atoms with van der Waals surface area (Å²) >= 11 is 0. The number of alkyl carbamates (subject to hydrolysis) is 1. The fourth-order valence-electron chi connectivity index (χ4n) is 6.69. The lowest BCUT2D eigenvalue weighted by molar-refractivity contribution is -0.152. The van der Waals surface area contributed by atoms with Gasteiger partial charge >= 0.3 is 18.2 Å². The van der Waals surface area contributed by atoms with Gasteiger partial charge < -0.3 is 39.5 Å². The predicted molar refractivity (Wildman–Crippen MR) is 212 cm³/mol. The number of carbonyl (C=O) groups excluding carboxylic acids is 6. The minimum absolute atomic E-state index is 0.0778. The van der Waals surface area contributed by atoms with E-state index in [-0.39, 0.29) is 37.7 Å². The van der Waals surface area contributed by atoms with Crippen molar-refractivity contribution in [3.05, 3.63) is 89.6 Å². The maximum Gasteiger partial charge on any atom is 0.410 e. The van der Waals surface area contributed by atoms with Crippen molar-refractivity contribution in [1.82, 2.24) is 30.2 Å². The number of nitrogens with zero attached hydrogens (tertiary/aromatic N) is 4. The maximum absolute atomic E-state index is 14.6. The van der Waals surface area contributed by atoms with Gasteiger partial charge in [-0.1, -0.05) is 51.1 Å². The fourth-order valence-corrected chi connectivity index (χ4v) is 6.69. The van der Waals surface area contributed by atoms with E-state index in [4.69, 9.17) is 14.2 Å². The Labute approximate surface area is 343 Å². The number of rotatable bonds is 11. The summed E-state index contributed by atoms with van der Waals surface area (Å²) in [6.45, 7) is 13.6. The highest BCUT2D eigenvalue weighted by molar-refractivity contribution is 6.12. The number of nitrogens with one attached hydrogen (secondary N) is 2. The van der Waals surface area contributed by atoms with Crippen LogP contribution in [0.5, 0.6) is 0 Å². The van der Waals surface area contributed by atoms with Crippen LogP contribution in [-0.2, 0) is 39.9 Å². The van der Waals surface area contributed by atoms with E-state index in [2.05, 4.69) is 10.6 Å². The summed E-state index contributed by atoms with van der Waals surface area (Å²) < 4.78 is 44.0. The summed E-state index contributed by atoms with van der Waals surface area (Å²) in [5.41, 5.74) is 0.562. The first-order valence-corrected chi connectivity index (χ1v) is 19.2. The summed E-state index contributed by atoms with van der Waals surface area (Å²) in [7, 11) is 1.66. The Balaban J connectivity index is 0.000000273. The monoisotopic (exact) mass is 824 g/mol. The highest BCUT2D eigenvalue weighted by Gasteiger charge is 2.43. The van der Waals surface area contributed by atoms with Crippen LogP contribution in [-0.4, -0.2) is 119 Å². The molecule has 1 saturated heterocycles. The molecule has 0 saturated carbocycles. The van der Waals surface area contributed by atoms with Gasteiger partial charge in [0.1, 0.15) is 29.5 Å². The van der Waals surface area contributed by atoms with Gasteiger partial charge in [0.2, 0.25) is 0 Å². The molecule has 3 atom stereocenters. The predicted octanol–water partition coefficient (Wildman–Crippen LogP) is 4.78. The summed E-state index contributed by atoms with van der Waals surface area (Å²) in [5, 5.41) is 5.82. The largest absolute Gasteiger partial charge is 0.456 e. The molecular formula is C42H54F2N6O9. The molecule has 1 fully saturated rings. The van der Waals surface area contributed by atoms with Crippen LogP contribution in [0.15, 0.2) is 66.9 Å². The number of hydrogen-bond donors (Lipinski definition) is 2. The van der Waals surface area contributed by atoms with Crippen molar-refractivity contribution in [3.8, 4) is 0 Å². The second-order valence-electron chi connectivity index (χ2n) is 16.3. The lowest BCUT2D eigenvalue weighted by atomic mass is 9.83. The van der Waals surface area contributed by atoms with Crippen molar-refractivity contribution in [2.75, 3.05) is 39.8 Å². The molecule has 3 aliphatic rings. The Hall–Kier alpha value is -6.00. The molecule has 59 heavy (non-hydrogen) atoms. The van der Waals surface area contributed by atoms with Crippen LogP contribution in [0.4, 0.5) is 18.4 Å². The van der Waals surface area contributed by atoms with Crippen molar-refractivity contribution < 1.29 is 51.8 Å². The van der Waals surface area contributed by atoms with Gasteiger partial charge in [0.15, 0.2) is 6.61 Å². The number of benzene rings is 2. The zero-order chi connectivity index (χ0) is 43.7. The van der Waals surface area contributed by atoms with E-state index in [0.29, 0.717) is 25.2 Å². The topological polar surface area (TPSA) is 167 Å². The Kier molecular flexibility index (Phi) is 15.2. The number of likely N-dealkylation sites (tertiary alicyclic amines) is 1. The van der Waals surface area contributed by atoms with Crippen LogP contribution in [0.3, 0.4) is 0 Å². The van der Waals surface area contributed by atoms with E-state index in [1.165, 1.54) is 24.0 Å². The molecule has 3 unspecified atom stereocenters. The Morgan fingerprint density at radius 2 is 1.64 bits per heavy atom. The number of ether oxygens (including phenoxy) is 3. The molecule has 0 aliphatic carbocycles. The summed E-state index contributed by atoms with van der Waals surface area (Å²) in [4.78, 5) is 76.6. The minimum Gasteiger partial charge on any atom is -0.456 e. The molecule has 17 heteroatoms. The minimum atomic E-state index is -0.650. The van der Waals surface area contributed by atoms with Crippen LogP contribution in [0.2, 0.25) is 0 Å². The van der Waals surface area contributed by atoms with Gasteiger partial charge in [0.05, 0.1) is 18.3 Å². The van der Waals surface area contributed by atoms with Crippen LogP contribution in [0, 0.1) is 17.0 Å². The second-order valence-corrected chi connectivity index (χ2v) is 16.3. The van der Waals surface area contributed by atoms with Crippen molar-refractivity contribution in [1.29, 1.82) is 0 Å². The van der Waals surface area contributed by atoms with Crippen molar-refractivity contribution in [3.63, 3.8) is 0 Å². The van der Waals surface area contributed by atoms with E-state index in [1.807, 2.05) is 56.0 Å². The molecule has 2 N–H and O–H groups in total. The van der Waals surface area contributed by atoms with Crippen LogP contribution in [0.1, 0.15) is 66.0 Å². The Morgan fingerprint density at radius 3 is 2.25 bits per heavy atom. The first-order chi connectivity index (χ1) is 27.6. The van der Waals surface area contributed by atoms with E-state index < -0.39 is 70.9 Å². The maximum atomic E-state index is 14.6. The number of halogens is 2. The summed E-state index contributed by atoms with van der Waals surface area (Å²) in [5.74, 6) is -2.79. The Morgan fingerprint density at radius 1 is 0.983 bits per heavy atom. The standard InChI is InChI=1S/C26H31F2N3O3.C16H23N3O6/c1-17(32)34-16-23(33)30(5)24(26(2,3)4)25-29-22(20-13-19(27)11-12-21(20)28)15-31(25)14-18-9-7-6-8-10-18;1-16(2,3)25-15(23)18-8-6-11(10-18)24-14(22)17-7-9-19-12(20)4-5-13(19)21/h6-13,15,24-25,29H,14,16H2,1-5H3;4-5,11H,6-10H2,1-3H3,(H,17,22). The smallest absolute Gasteiger partial charge is 0.410 e. The first-order valence-electron chi connectivity index (χ1n) is 19.2. The molecule has 5 rings (SSSR count). The van der Waals surface area contributed by atoms with Gasteiger partial charge in [0, 0.05) is 70.5 Å². The average Bonchev–Trinajstić information content (AvgIpc) is 3.87. The molecule has 3 heterocycles. The third-order valence-electron chi connectivity index (χ3n) is 9.35. The first kappa shape index (κ1) is 45.7. The molecule has 0 radical (unpaired) electrons. The number of amides is 5. The average molecular weight is 825 g/mol. The van der Waals surface area contributed by atoms with Gasteiger partial charge in [-0.2, -0.15) is 0 Å². The number of hydrogen-bond acceptors (Lipinski definition) is 11. The molecule has 0 spiro atoms. The lowest BCUT2D eigenvalue weighted by Crippen LogP contribution is -2.60. The van der Waals surface area contributed by atoms with Crippen molar-refractivity contribution in [2.24, 2.45) is 5.41 Å². The highest BCUT2D eigenvalue weighted by atomic mass is 19.1. The number of imide groups is 1. The van der Waals surface area contributed by atoms with Gasteiger partial charge in [-0.05, 0) is 49.9 Å². The van der Waals surface area contributed by atoms with Crippen LogP contribution in [0.25, 0.3) is 5.70 Å². The van der Waals surface area contributed by atoms with Crippen molar-refractivity contribution in [2.45, 2.75) is 85.3 Å². The lowest BCUT2D eigenvalue weighted by Gasteiger charge is -2.45. The van der Waals surface area contributed by atoms with Crippen LogP contribution >= 0.6 is 0 Å². The van der Waals surface area contributed by atoms with Gasteiger partial charge in [-0.25, -0.2) is 18.4 Å². The SMILES string of the molecule is CC(=O)OCC(=O)N(C)C(C1NC(c2cc(F)ccc2F)=CN1Cc1ccccc1)C(C)(C)C.CC(C)(C)OC(=O)N1CCC(OC(=O)NCCN2C(=O)C=CC2=O)C1. The second kappa shape index (κ2) is 19.6. The Bertz CT molecular complexity index is 1910. The number of likely N-dealkylation sites (N-methyl/N-ethyl adjacent to an activating group) is 1.